The van der Waals surface area contributed by atoms with Gasteiger partial charge in [0.05, 0.1) is 5.56 Å². The zero-order valence-electron chi connectivity index (χ0n) is 16.0. The molecule has 0 aromatic heterocycles. The molecule has 0 radical (unpaired) electrons. The van der Waals surface area contributed by atoms with E-state index in [0.717, 1.165) is 33.4 Å². The van der Waals surface area contributed by atoms with Crippen molar-refractivity contribution in [3.05, 3.63) is 109 Å². The summed E-state index contributed by atoms with van der Waals surface area (Å²) in [6, 6.07) is 31.8. The Kier molecular flexibility index (Phi) is 4.39. The first-order valence-electron chi connectivity index (χ1n) is 9.74. The van der Waals surface area contributed by atoms with Crippen LogP contribution >= 0.6 is 0 Å². The minimum Gasteiger partial charge on any atom is -0.376 e. The Morgan fingerprint density at radius 3 is 1.90 bits per heavy atom. The molecule has 4 aromatic carbocycles. The Labute approximate surface area is 173 Å². The van der Waals surface area contributed by atoms with Crippen molar-refractivity contribution in [2.75, 3.05) is 4.81 Å². The van der Waals surface area contributed by atoms with Crippen molar-refractivity contribution >= 4 is 29.1 Å². The van der Waals surface area contributed by atoms with Crippen LogP contribution in [0.25, 0.3) is 11.1 Å². The molecule has 0 saturated carbocycles. The molecule has 30 heavy (non-hydrogen) atoms. The molecule has 0 atom stereocenters. The van der Waals surface area contributed by atoms with E-state index in [9.17, 15) is 13.2 Å². The number of alkyl halides is 3. The summed E-state index contributed by atoms with van der Waals surface area (Å²) in [5.74, 6) is 0. The number of rotatable bonds is 2. The lowest BCUT2D eigenvalue weighted by Crippen LogP contribution is -2.57. The van der Waals surface area contributed by atoms with Crippen LogP contribution in [-0.4, -0.2) is 6.85 Å². The van der Waals surface area contributed by atoms with Gasteiger partial charge in [-0.2, -0.15) is 13.2 Å². The lowest BCUT2D eigenvalue weighted by molar-refractivity contribution is -0.137. The van der Waals surface area contributed by atoms with E-state index in [1.54, 1.807) is 12.1 Å². The average molecular weight is 399 g/mol. The number of anilines is 2. The highest BCUT2D eigenvalue weighted by molar-refractivity contribution is 6.90. The molecule has 4 aromatic rings. The van der Waals surface area contributed by atoms with Crippen LogP contribution in [0.15, 0.2) is 103 Å². The minimum absolute atomic E-state index is 0.235. The fourth-order valence-corrected chi connectivity index (χ4v) is 4.23. The zero-order valence-corrected chi connectivity index (χ0v) is 16.0. The van der Waals surface area contributed by atoms with E-state index in [1.165, 1.54) is 12.1 Å². The van der Waals surface area contributed by atoms with Gasteiger partial charge in [0.2, 0.25) is 0 Å². The third-order valence-corrected chi connectivity index (χ3v) is 5.56. The summed E-state index contributed by atoms with van der Waals surface area (Å²) in [5.41, 5.74) is 5.48. The van der Waals surface area contributed by atoms with Gasteiger partial charge in [0.15, 0.2) is 0 Å². The van der Waals surface area contributed by atoms with E-state index >= 15 is 0 Å². The Bertz CT molecular complexity index is 1190. The van der Waals surface area contributed by atoms with E-state index in [1.807, 2.05) is 54.6 Å². The molecule has 1 heterocycles. The van der Waals surface area contributed by atoms with Gasteiger partial charge in [-0.1, -0.05) is 90.4 Å². The van der Waals surface area contributed by atoms with Gasteiger partial charge in [0.25, 0.3) is 0 Å². The van der Waals surface area contributed by atoms with Crippen molar-refractivity contribution in [1.29, 1.82) is 0 Å². The lowest BCUT2D eigenvalue weighted by Gasteiger charge is -2.39. The third kappa shape index (κ3) is 3.07. The Hall–Kier alpha value is -3.47. The Morgan fingerprint density at radius 2 is 1.20 bits per heavy atom. The highest BCUT2D eigenvalue weighted by Crippen LogP contribution is 2.39. The van der Waals surface area contributed by atoms with Crippen LogP contribution < -0.4 is 15.7 Å². The van der Waals surface area contributed by atoms with Crippen molar-refractivity contribution in [1.82, 2.24) is 0 Å². The van der Waals surface area contributed by atoms with Crippen LogP contribution in [0.2, 0.25) is 0 Å². The van der Waals surface area contributed by atoms with Gasteiger partial charge < -0.3 is 4.81 Å². The predicted molar refractivity (Wildman–Crippen MR) is 117 cm³/mol. The molecule has 0 aliphatic carbocycles. The molecule has 0 N–H and O–H groups in total. The SMILES string of the molecule is FC(F)(F)c1ccc(B2c3ccccc3-c3ccccc3N2c2ccccc2)cc1. The molecule has 0 unspecified atom stereocenters. The summed E-state index contributed by atoms with van der Waals surface area (Å²) in [7, 11) is 0. The molecule has 1 nitrogen and oxygen atoms in total. The largest absolute Gasteiger partial charge is 0.416 e. The summed E-state index contributed by atoms with van der Waals surface area (Å²) >= 11 is 0. The molecule has 0 spiro atoms. The van der Waals surface area contributed by atoms with Gasteiger partial charge in [-0.05, 0) is 29.2 Å². The molecule has 5 heteroatoms. The van der Waals surface area contributed by atoms with E-state index in [0.29, 0.717) is 0 Å². The van der Waals surface area contributed by atoms with E-state index in [2.05, 4.69) is 29.1 Å². The number of fused-ring (bicyclic) bond motifs is 3. The van der Waals surface area contributed by atoms with Crippen molar-refractivity contribution in [2.24, 2.45) is 0 Å². The quantitative estimate of drug-likeness (QED) is 0.395. The molecular weight excluding hydrogens is 382 g/mol. The molecule has 0 fully saturated rings. The van der Waals surface area contributed by atoms with Gasteiger partial charge in [-0.15, -0.1) is 0 Å². The minimum atomic E-state index is -4.35. The summed E-state index contributed by atoms with van der Waals surface area (Å²) in [5, 5.41) is 0. The van der Waals surface area contributed by atoms with E-state index < -0.39 is 11.7 Å². The Morgan fingerprint density at radius 1 is 0.600 bits per heavy atom. The smallest absolute Gasteiger partial charge is 0.376 e. The first kappa shape index (κ1) is 18.6. The van der Waals surface area contributed by atoms with Crippen LogP contribution in [0, 0.1) is 0 Å². The zero-order chi connectivity index (χ0) is 20.7. The summed E-state index contributed by atoms with van der Waals surface area (Å²) in [6.45, 7) is -0.235. The maximum Gasteiger partial charge on any atom is 0.416 e. The van der Waals surface area contributed by atoms with Crippen molar-refractivity contribution in [3.8, 4) is 11.1 Å². The van der Waals surface area contributed by atoms with Crippen molar-refractivity contribution in [3.63, 3.8) is 0 Å². The fourth-order valence-electron chi connectivity index (χ4n) is 4.23. The average Bonchev–Trinajstić information content (AvgIpc) is 2.78. The number of hydrogen-bond acceptors (Lipinski definition) is 1. The number of hydrogen-bond donors (Lipinski definition) is 0. The highest BCUT2D eigenvalue weighted by Gasteiger charge is 2.37. The third-order valence-electron chi connectivity index (χ3n) is 5.56. The maximum atomic E-state index is 13.1. The molecular formula is C25H17BF3N. The van der Waals surface area contributed by atoms with Crippen LogP contribution in [0.5, 0.6) is 0 Å². The maximum absolute atomic E-state index is 13.1. The van der Waals surface area contributed by atoms with Gasteiger partial charge in [-0.25, -0.2) is 0 Å². The van der Waals surface area contributed by atoms with Crippen molar-refractivity contribution < 1.29 is 13.2 Å². The van der Waals surface area contributed by atoms with Crippen LogP contribution in [0.3, 0.4) is 0 Å². The predicted octanol–water partition coefficient (Wildman–Crippen LogP) is 5.63. The molecule has 0 bridgehead atoms. The lowest BCUT2D eigenvalue weighted by atomic mass is 9.45. The number of benzene rings is 4. The fraction of sp³-hybridized carbons (Fsp3) is 0.0400. The summed E-state index contributed by atoms with van der Waals surface area (Å²) < 4.78 is 39.4. The van der Waals surface area contributed by atoms with Gasteiger partial charge in [-0.3, -0.25) is 0 Å². The van der Waals surface area contributed by atoms with Gasteiger partial charge in [0.1, 0.15) is 0 Å². The van der Waals surface area contributed by atoms with Crippen molar-refractivity contribution in [2.45, 2.75) is 6.18 Å². The highest BCUT2D eigenvalue weighted by atomic mass is 19.4. The summed E-state index contributed by atoms with van der Waals surface area (Å²) in [4.78, 5) is 2.21. The second kappa shape index (κ2) is 7.10. The van der Waals surface area contributed by atoms with Crippen LogP contribution in [0.4, 0.5) is 24.5 Å². The molecule has 0 saturated heterocycles. The second-order valence-corrected chi connectivity index (χ2v) is 7.33. The molecule has 1 aliphatic heterocycles. The standard InChI is InChI=1S/C25H17BF3N/c27-25(28,29)18-14-16-19(17-15-18)26-23-12-6-4-10-21(23)22-11-5-7-13-24(22)30(26)20-8-2-1-3-9-20/h1-17H. The normalized spacial score (nSPS) is 13.0. The monoisotopic (exact) mass is 399 g/mol. The van der Waals surface area contributed by atoms with Crippen LogP contribution in [0.1, 0.15) is 5.56 Å². The van der Waals surface area contributed by atoms with Gasteiger partial charge in [0, 0.05) is 16.9 Å². The van der Waals surface area contributed by atoms with E-state index in [-0.39, 0.29) is 6.85 Å². The molecule has 1 aliphatic rings. The van der Waals surface area contributed by atoms with Gasteiger partial charge >= 0.3 is 13.0 Å². The van der Waals surface area contributed by atoms with Crippen LogP contribution in [-0.2, 0) is 6.18 Å². The molecule has 146 valence electrons. The second-order valence-electron chi connectivity index (χ2n) is 7.33. The first-order valence-corrected chi connectivity index (χ1v) is 9.74. The molecule has 0 amide bonds. The summed E-state index contributed by atoms with van der Waals surface area (Å²) in [6.07, 6.45) is -4.35. The number of para-hydroxylation sites is 2. The van der Waals surface area contributed by atoms with E-state index in [4.69, 9.17) is 0 Å². The first-order chi connectivity index (χ1) is 14.5. The Balaban J connectivity index is 1.75. The number of halogens is 3. The number of nitrogens with zero attached hydrogens (tertiary/aromatic N) is 1. The topological polar surface area (TPSA) is 3.24 Å². The molecule has 5 rings (SSSR count).